The van der Waals surface area contributed by atoms with Crippen molar-refractivity contribution < 1.29 is 13.9 Å². The van der Waals surface area contributed by atoms with Crippen LogP contribution in [-0.4, -0.2) is 94.9 Å². The van der Waals surface area contributed by atoms with Crippen LogP contribution in [0.2, 0.25) is 0 Å². The molecule has 11 heteroatoms. The minimum atomic E-state index is -1.02. The number of benzene rings is 1. The predicted octanol–water partition coefficient (Wildman–Crippen LogP) is 4.62. The van der Waals surface area contributed by atoms with Crippen LogP contribution in [-0.2, 0) is 11.2 Å². The normalized spacial score (nSPS) is 20.8. The van der Waals surface area contributed by atoms with Gasteiger partial charge in [0.05, 0.1) is 5.52 Å². The minimum Gasteiger partial charge on any atom is -0.462 e. The van der Waals surface area contributed by atoms with Crippen LogP contribution in [0.15, 0.2) is 47.8 Å². The number of hydrogen-bond donors (Lipinski definition) is 0. The molecule has 0 saturated carbocycles. The van der Waals surface area contributed by atoms with Gasteiger partial charge in [-0.15, -0.1) is 11.8 Å². The van der Waals surface area contributed by atoms with Gasteiger partial charge in [-0.05, 0) is 68.3 Å². The summed E-state index contributed by atoms with van der Waals surface area (Å²) in [5.74, 6) is -0.0675. The summed E-state index contributed by atoms with van der Waals surface area (Å²) in [4.78, 5) is 37.5. The number of amides is 1. The minimum absolute atomic E-state index is 0.0462. The van der Waals surface area contributed by atoms with E-state index in [1.165, 1.54) is 20.9 Å². The van der Waals surface area contributed by atoms with Crippen molar-refractivity contribution in [2.75, 3.05) is 57.0 Å². The van der Waals surface area contributed by atoms with Crippen LogP contribution in [0.1, 0.15) is 24.8 Å². The maximum absolute atomic E-state index is 13.8. The molecule has 2 fully saturated rings. The molecule has 3 aliphatic rings. The highest BCUT2D eigenvalue weighted by Crippen LogP contribution is 2.38. The molecule has 6 rings (SSSR count). The van der Waals surface area contributed by atoms with Crippen molar-refractivity contribution in [3.8, 4) is 17.1 Å². The zero-order valence-corrected chi connectivity index (χ0v) is 24.6. The highest BCUT2D eigenvalue weighted by Gasteiger charge is 2.35. The van der Waals surface area contributed by atoms with Crippen LogP contribution in [0.5, 0.6) is 6.01 Å². The summed E-state index contributed by atoms with van der Waals surface area (Å²) in [7, 11) is 2.10. The van der Waals surface area contributed by atoms with Gasteiger partial charge >= 0.3 is 6.01 Å². The average Bonchev–Trinajstić information content (AvgIpc) is 3.43. The van der Waals surface area contributed by atoms with Crippen molar-refractivity contribution in [3.63, 3.8) is 0 Å². The van der Waals surface area contributed by atoms with E-state index in [-0.39, 0.29) is 19.1 Å². The number of pyridine rings is 1. The number of carbonyl (C=O) groups is 1. The first-order valence-corrected chi connectivity index (χ1v) is 15.4. The van der Waals surface area contributed by atoms with Gasteiger partial charge in [-0.1, -0.05) is 18.7 Å². The number of piperazine rings is 1. The van der Waals surface area contributed by atoms with Gasteiger partial charge in [0, 0.05) is 42.3 Å². The molecule has 1 amide bonds. The summed E-state index contributed by atoms with van der Waals surface area (Å²) in [6.45, 7) is 13.1. The molecule has 1 aromatic carbocycles. The molecule has 3 aromatic rings. The molecule has 2 saturated heterocycles. The third kappa shape index (κ3) is 5.65. The third-order valence-corrected chi connectivity index (χ3v) is 9.61. The zero-order chi connectivity index (χ0) is 29.2. The number of carbonyl (C=O) groups excluding carboxylic acids is 1. The molecule has 2 aromatic heterocycles. The van der Waals surface area contributed by atoms with E-state index in [1.54, 1.807) is 0 Å². The molecule has 0 radical (unpaired) electrons. The van der Waals surface area contributed by atoms with Crippen molar-refractivity contribution in [2.45, 2.75) is 42.7 Å². The van der Waals surface area contributed by atoms with Gasteiger partial charge in [0.15, 0.2) is 11.6 Å². The smallest absolute Gasteiger partial charge is 0.319 e. The van der Waals surface area contributed by atoms with Gasteiger partial charge in [0.2, 0.25) is 6.54 Å². The molecular weight excluding hydrogens is 553 g/mol. The van der Waals surface area contributed by atoms with Gasteiger partial charge in [-0.2, -0.15) is 9.97 Å². The van der Waals surface area contributed by atoms with Gasteiger partial charge in [-0.25, -0.2) is 11.0 Å². The Hall–Kier alpha value is -3.75. The number of fused-ring (bicyclic) bond motifs is 2. The zero-order valence-electron chi connectivity index (χ0n) is 23.8. The maximum Gasteiger partial charge on any atom is 0.319 e. The molecule has 0 bridgehead atoms. The maximum atomic E-state index is 13.8. The number of hydrogen-bond acceptors (Lipinski definition) is 8. The Bertz CT molecular complexity index is 1560. The Balaban J connectivity index is 1.38. The highest BCUT2D eigenvalue weighted by atomic mass is 32.2. The number of rotatable bonds is 7. The highest BCUT2D eigenvalue weighted by molar-refractivity contribution is 7.99. The van der Waals surface area contributed by atoms with Crippen molar-refractivity contribution in [1.82, 2.24) is 24.8 Å². The monoisotopic (exact) mass is 587 g/mol. The molecule has 3 aliphatic heterocycles. The first kappa shape index (κ1) is 28.4. The van der Waals surface area contributed by atoms with E-state index in [9.17, 15) is 9.18 Å². The molecule has 42 heavy (non-hydrogen) atoms. The lowest BCUT2D eigenvalue weighted by Crippen LogP contribution is -2.56. The lowest BCUT2D eigenvalue weighted by atomic mass is 9.97. The summed E-state index contributed by atoms with van der Waals surface area (Å²) in [5.41, 5.74) is 4.81. The number of aromatic nitrogens is 3. The number of likely N-dealkylation sites (tertiary alicyclic amines) is 1. The molecule has 5 heterocycles. The molecule has 9 nitrogen and oxygen atoms in total. The van der Waals surface area contributed by atoms with Crippen LogP contribution in [0.3, 0.4) is 0 Å². The van der Waals surface area contributed by atoms with E-state index < -0.39 is 17.8 Å². The number of thioether (sulfide) groups is 1. The van der Waals surface area contributed by atoms with Crippen LogP contribution < -0.4 is 9.64 Å². The summed E-state index contributed by atoms with van der Waals surface area (Å²) in [6, 6.07) is 8.56. The first-order chi connectivity index (χ1) is 20.4. The standard InChI is InChI=1S/C31H34FN7O2S/c1-20(32)30(40)39-13-12-38(18-23(39)17-33-2)29-28-26(35-31(36-29)41-19-22-7-5-11-37(22)3)15-21(16-34-28)24-8-4-10-27-25(24)9-6-14-42-27/h4,8,10,15-16,22-23H,1,5-7,9,11-14,17-19H2,3H3/t22-,23-/m0/s1. The van der Waals surface area contributed by atoms with Crippen LogP contribution in [0, 0.1) is 6.57 Å². The molecule has 2 atom stereocenters. The van der Waals surface area contributed by atoms with Crippen LogP contribution in [0.4, 0.5) is 10.2 Å². The fourth-order valence-corrected chi connectivity index (χ4v) is 7.24. The Labute approximate surface area is 249 Å². The van der Waals surface area contributed by atoms with Gasteiger partial charge in [0.25, 0.3) is 5.91 Å². The Kier molecular flexibility index (Phi) is 8.27. The topological polar surface area (TPSA) is 79.1 Å². The number of ether oxygens (including phenoxy) is 1. The van der Waals surface area contributed by atoms with Gasteiger partial charge < -0.3 is 24.3 Å². The first-order valence-electron chi connectivity index (χ1n) is 14.4. The number of nitrogens with zero attached hydrogens (tertiary/aromatic N) is 7. The SMILES string of the molecule is [C-]#[N+]C[C@H]1CN(c2nc(OC[C@@H]3CCCN3C)nc3cc(-c4cccc5c4CCCS5)cnc23)CCN1C(=O)C(=C)F. The number of likely N-dealkylation sites (N-methyl/N-ethyl adjacent to an activating group) is 1. The number of anilines is 1. The number of halogens is 1. The van der Waals surface area contributed by atoms with Crippen molar-refractivity contribution in [2.24, 2.45) is 0 Å². The van der Waals surface area contributed by atoms with E-state index in [0.29, 0.717) is 42.6 Å². The van der Waals surface area contributed by atoms with Crippen molar-refractivity contribution in [1.29, 1.82) is 0 Å². The fraction of sp³-hybridized carbons (Fsp3) is 0.452. The van der Waals surface area contributed by atoms with Crippen molar-refractivity contribution in [3.05, 3.63) is 59.8 Å². The lowest BCUT2D eigenvalue weighted by molar-refractivity contribution is -0.131. The second-order valence-electron chi connectivity index (χ2n) is 11.1. The molecule has 0 aliphatic carbocycles. The molecule has 218 valence electrons. The fourth-order valence-electron chi connectivity index (χ4n) is 6.17. The van der Waals surface area contributed by atoms with Crippen molar-refractivity contribution >= 4 is 34.5 Å². The quantitative estimate of drug-likeness (QED) is 0.293. The summed E-state index contributed by atoms with van der Waals surface area (Å²) < 4.78 is 20.0. The predicted molar refractivity (Wildman–Crippen MR) is 162 cm³/mol. The van der Waals surface area contributed by atoms with E-state index in [2.05, 4.69) is 47.6 Å². The second kappa shape index (κ2) is 12.2. The molecule has 0 spiro atoms. The van der Waals surface area contributed by atoms with Crippen LogP contribution in [0.25, 0.3) is 27.0 Å². The second-order valence-corrected chi connectivity index (χ2v) is 12.2. The van der Waals surface area contributed by atoms with E-state index in [1.807, 2.05) is 22.9 Å². The van der Waals surface area contributed by atoms with E-state index in [0.717, 1.165) is 43.5 Å². The van der Waals surface area contributed by atoms with Gasteiger partial charge in [-0.3, -0.25) is 9.78 Å². The Morgan fingerprint density at radius 2 is 2.12 bits per heavy atom. The summed E-state index contributed by atoms with van der Waals surface area (Å²) >= 11 is 1.90. The molecule has 0 unspecified atom stereocenters. The summed E-state index contributed by atoms with van der Waals surface area (Å²) in [5, 5.41) is 0. The lowest BCUT2D eigenvalue weighted by Gasteiger charge is -2.39. The van der Waals surface area contributed by atoms with Gasteiger partial charge in [0.1, 0.15) is 18.2 Å². The van der Waals surface area contributed by atoms with E-state index in [4.69, 9.17) is 26.3 Å². The molecule has 0 N–H and O–H groups in total. The Morgan fingerprint density at radius 1 is 1.24 bits per heavy atom. The Morgan fingerprint density at radius 3 is 2.90 bits per heavy atom. The van der Waals surface area contributed by atoms with Crippen LogP contribution >= 0.6 is 11.8 Å². The largest absolute Gasteiger partial charge is 0.462 e. The molecular formula is C31H34FN7O2S. The summed E-state index contributed by atoms with van der Waals surface area (Å²) in [6.07, 6.45) is 6.25. The third-order valence-electron chi connectivity index (χ3n) is 8.42. The van der Waals surface area contributed by atoms with E-state index >= 15 is 0 Å². The average molecular weight is 588 g/mol.